The summed E-state index contributed by atoms with van der Waals surface area (Å²) in [5.41, 5.74) is 0.479. The highest BCUT2D eigenvalue weighted by Gasteiger charge is 2.34. The second-order valence-corrected chi connectivity index (χ2v) is 4.65. The number of rotatable bonds is 3. The van der Waals surface area contributed by atoms with Gasteiger partial charge >= 0.3 is 6.18 Å². The van der Waals surface area contributed by atoms with Crippen molar-refractivity contribution in [3.05, 3.63) is 35.5 Å². The summed E-state index contributed by atoms with van der Waals surface area (Å²) in [6.07, 6.45) is -2.68. The molecule has 19 heavy (non-hydrogen) atoms. The zero-order valence-corrected chi connectivity index (χ0v) is 10.8. The Morgan fingerprint density at radius 3 is 2.53 bits per heavy atom. The van der Waals surface area contributed by atoms with Crippen molar-refractivity contribution in [2.24, 2.45) is 0 Å². The molecule has 0 fully saturated rings. The number of aliphatic hydroxyl groups excluding tert-OH is 1. The molecule has 2 aromatic rings. The lowest BCUT2D eigenvalue weighted by Crippen LogP contribution is -2.07. The molecule has 104 valence electrons. The minimum atomic E-state index is -4.39. The normalized spacial score (nSPS) is 14.0. The van der Waals surface area contributed by atoms with E-state index in [1.807, 2.05) is 6.92 Å². The maximum absolute atomic E-state index is 13.1. The predicted molar refractivity (Wildman–Crippen MR) is 68.1 cm³/mol. The van der Waals surface area contributed by atoms with Crippen molar-refractivity contribution < 1.29 is 18.3 Å². The lowest BCUT2D eigenvalue weighted by molar-refractivity contribution is -0.136. The molecule has 0 saturated heterocycles. The average molecular weight is 271 g/mol. The number of aryl methyl sites for hydroxylation is 1. The van der Waals surface area contributed by atoms with Crippen LogP contribution in [-0.2, 0) is 12.7 Å². The number of hydrogen-bond donors (Lipinski definition) is 1. The maximum atomic E-state index is 13.1. The Kier molecular flexibility index (Phi) is 3.58. The molecule has 2 rings (SSSR count). The van der Waals surface area contributed by atoms with E-state index in [0.717, 1.165) is 6.07 Å². The van der Waals surface area contributed by atoms with E-state index in [4.69, 9.17) is 0 Å². The summed E-state index contributed by atoms with van der Waals surface area (Å²) in [6.45, 7) is 4.03. The molecule has 0 spiro atoms. The van der Waals surface area contributed by atoms with Crippen LogP contribution >= 0.6 is 0 Å². The van der Waals surface area contributed by atoms with Crippen molar-refractivity contribution in [2.45, 2.75) is 32.5 Å². The van der Waals surface area contributed by atoms with Gasteiger partial charge in [-0.2, -0.15) is 13.2 Å². The van der Waals surface area contributed by atoms with Crippen LogP contribution in [0.3, 0.4) is 0 Å². The van der Waals surface area contributed by atoms with Gasteiger partial charge in [-0.05, 0) is 24.6 Å². The third-order valence-corrected chi connectivity index (χ3v) is 3.39. The molecular weight excluding hydrogens is 255 g/mol. The third kappa shape index (κ3) is 2.34. The van der Waals surface area contributed by atoms with Gasteiger partial charge in [0.1, 0.15) is 0 Å². The van der Waals surface area contributed by atoms with Gasteiger partial charge in [-0.25, -0.2) is 0 Å². The van der Waals surface area contributed by atoms with Crippen LogP contribution < -0.4 is 0 Å². The average Bonchev–Trinajstić information content (AvgIpc) is 2.75. The first-order valence-corrected chi connectivity index (χ1v) is 6.20. The third-order valence-electron chi connectivity index (χ3n) is 3.39. The van der Waals surface area contributed by atoms with E-state index in [2.05, 4.69) is 0 Å². The number of nitrogens with zero attached hydrogens (tertiary/aromatic N) is 1. The summed E-state index contributed by atoms with van der Waals surface area (Å²) in [4.78, 5) is 0. The van der Waals surface area contributed by atoms with Crippen molar-refractivity contribution in [2.75, 3.05) is 6.61 Å². The molecule has 0 saturated carbocycles. The van der Waals surface area contributed by atoms with E-state index >= 15 is 0 Å². The number of hydrogen-bond acceptors (Lipinski definition) is 1. The molecule has 0 aliphatic heterocycles. The molecule has 0 radical (unpaired) electrons. The highest BCUT2D eigenvalue weighted by Crippen LogP contribution is 2.39. The number of fused-ring (bicyclic) bond motifs is 1. The van der Waals surface area contributed by atoms with Crippen LogP contribution in [-0.4, -0.2) is 16.3 Å². The van der Waals surface area contributed by atoms with Crippen LogP contribution in [0.2, 0.25) is 0 Å². The minimum absolute atomic E-state index is 0.172. The lowest BCUT2D eigenvalue weighted by Gasteiger charge is -2.12. The molecule has 1 aromatic carbocycles. The van der Waals surface area contributed by atoms with E-state index < -0.39 is 11.7 Å². The number of aliphatic hydroxyl groups is 1. The van der Waals surface area contributed by atoms with Crippen molar-refractivity contribution in [1.29, 1.82) is 0 Å². The number of halogens is 3. The summed E-state index contributed by atoms with van der Waals surface area (Å²) in [5.74, 6) is -0.321. The molecule has 0 aliphatic carbocycles. The Morgan fingerprint density at radius 2 is 2.00 bits per heavy atom. The summed E-state index contributed by atoms with van der Waals surface area (Å²) in [7, 11) is 0. The Labute approximate surface area is 109 Å². The van der Waals surface area contributed by atoms with E-state index in [9.17, 15) is 18.3 Å². The molecule has 1 aromatic heterocycles. The van der Waals surface area contributed by atoms with Gasteiger partial charge in [-0.3, -0.25) is 0 Å². The number of benzene rings is 1. The standard InChI is InChI=1S/C14H16F3NO/c1-3-18-7-10(9(2)8-19)13-11(14(15,16)17)5-4-6-12(13)18/h4-7,9,19H,3,8H2,1-2H3. The van der Waals surface area contributed by atoms with Crippen LogP contribution in [0, 0.1) is 0 Å². The molecule has 1 unspecified atom stereocenters. The predicted octanol–water partition coefficient (Wildman–Crippen LogP) is 3.78. The molecule has 0 aliphatic rings. The number of aromatic nitrogens is 1. The van der Waals surface area contributed by atoms with E-state index in [1.165, 1.54) is 6.07 Å². The van der Waals surface area contributed by atoms with Gasteiger partial charge in [0, 0.05) is 36.2 Å². The Balaban J connectivity index is 2.82. The minimum Gasteiger partial charge on any atom is -0.396 e. The first-order valence-electron chi connectivity index (χ1n) is 6.20. The van der Waals surface area contributed by atoms with Crippen LogP contribution in [0.5, 0.6) is 0 Å². The second-order valence-electron chi connectivity index (χ2n) is 4.65. The first kappa shape index (κ1) is 13.9. The van der Waals surface area contributed by atoms with Gasteiger partial charge in [0.05, 0.1) is 5.56 Å². The largest absolute Gasteiger partial charge is 0.417 e. The molecular formula is C14H16F3NO. The van der Waals surface area contributed by atoms with E-state index in [0.29, 0.717) is 17.6 Å². The lowest BCUT2D eigenvalue weighted by atomic mass is 9.98. The maximum Gasteiger partial charge on any atom is 0.417 e. The summed E-state index contributed by atoms with van der Waals surface area (Å²) in [5, 5.41) is 9.44. The van der Waals surface area contributed by atoms with Gasteiger partial charge in [0.15, 0.2) is 0 Å². The zero-order chi connectivity index (χ0) is 14.2. The molecule has 1 atom stereocenters. The van der Waals surface area contributed by atoms with E-state index in [-0.39, 0.29) is 17.9 Å². The van der Waals surface area contributed by atoms with E-state index in [1.54, 1.807) is 23.8 Å². The second kappa shape index (κ2) is 4.89. The van der Waals surface area contributed by atoms with Crippen molar-refractivity contribution in [3.8, 4) is 0 Å². The van der Waals surface area contributed by atoms with Crippen LogP contribution in [0.25, 0.3) is 10.9 Å². The van der Waals surface area contributed by atoms with Gasteiger partial charge < -0.3 is 9.67 Å². The quantitative estimate of drug-likeness (QED) is 0.903. The zero-order valence-electron chi connectivity index (χ0n) is 10.8. The molecule has 0 bridgehead atoms. The summed E-state index contributed by atoms with van der Waals surface area (Å²) < 4.78 is 41.1. The topological polar surface area (TPSA) is 25.2 Å². The summed E-state index contributed by atoms with van der Waals surface area (Å²) in [6, 6.07) is 4.20. The molecule has 2 nitrogen and oxygen atoms in total. The fourth-order valence-electron chi connectivity index (χ4n) is 2.35. The Hall–Kier alpha value is -1.49. The molecule has 1 N–H and O–H groups in total. The van der Waals surface area contributed by atoms with Crippen LogP contribution in [0.4, 0.5) is 13.2 Å². The van der Waals surface area contributed by atoms with Crippen LogP contribution in [0.15, 0.2) is 24.4 Å². The number of alkyl halides is 3. The van der Waals surface area contributed by atoms with Crippen molar-refractivity contribution in [3.63, 3.8) is 0 Å². The van der Waals surface area contributed by atoms with Gasteiger partial charge in [0.25, 0.3) is 0 Å². The van der Waals surface area contributed by atoms with Crippen molar-refractivity contribution in [1.82, 2.24) is 4.57 Å². The monoisotopic (exact) mass is 271 g/mol. The molecule has 1 heterocycles. The molecule has 0 amide bonds. The van der Waals surface area contributed by atoms with Crippen molar-refractivity contribution >= 4 is 10.9 Å². The fourth-order valence-corrected chi connectivity index (χ4v) is 2.35. The Bertz CT molecular complexity index is 586. The smallest absolute Gasteiger partial charge is 0.396 e. The Morgan fingerprint density at radius 1 is 1.32 bits per heavy atom. The molecule has 5 heteroatoms. The highest BCUT2D eigenvalue weighted by molar-refractivity contribution is 5.88. The van der Waals surface area contributed by atoms with Gasteiger partial charge in [-0.15, -0.1) is 0 Å². The summed E-state index contributed by atoms with van der Waals surface area (Å²) >= 11 is 0. The fraction of sp³-hybridized carbons (Fsp3) is 0.429. The highest BCUT2D eigenvalue weighted by atomic mass is 19.4. The van der Waals surface area contributed by atoms with Gasteiger partial charge in [-0.1, -0.05) is 13.0 Å². The SMILES string of the molecule is CCn1cc(C(C)CO)c2c(C(F)(F)F)cccc21. The first-order chi connectivity index (χ1) is 8.90. The van der Waals surface area contributed by atoms with Crippen LogP contribution in [0.1, 0.15) is 30.9 Å². The van der Waals surface area contributed by atoms with Gasteiger partial charge in [0.2, 0.25) is 0 Å².